The standard InChI is InChI=1S/C22H34N4O/c1-18(2)7-10-25-13-12-24(16-21(25)8-14-27)17-22-23-9-11-26(22)20-6-4-5-19(3)15-20/h4-6,9,11,15,18,21,27H,7-8,10,12-14,16-17H2,1-3H3. The van der Waals surface area contributed by atoms with Crippen molar-refractivity contribution in [3.8, 4) is 5.69 Å². The van der Waals surface area contributed by atoms with E-state index in [1.807, 2.05) is 12.4 Å². The number of piperazine rings is 1. The first-order chi connectivity index (χ1) is 13.1. The van der Waals surface area contributed by atoms with E-state index in [0.717, 1.165) is 50.9 Å². The van der Waals surface area contributed by atoms with Gasteiger partial charge in [0.1, 0.15) is 5.82 Å². The van der Waals surface area contributed by atoms with E-state index in [4.69, 9.17) is 0 Å². The van der Waals surface area contributed by atoms with Crippen molar-refractivity contribution in [2.75, 3.05) is 32.8 Å². The lowest BCUT2D eigenvalue weighted by Gasteiger charge is -2.41. The summed E-state index contributed by atoms with van der Waals surface area (Å²) < 4.78 is 2.19. The molecule has 1 aromatic heterocycles. The number of aliphatic hydroxyl groups excluding tert-OH is 1. The van der Waals surface area contributed by atoms with E-state index >= 15 is 0 Å². The third-order valence-corrected chi connectivity index (χ3v) is 5.51. The van der Waals surface area contributed by atoms with Crippen LogP contribution < -0.4 is 0 Å². The van der Waals surface area contributed by atoms with Crippen molar-refractivity contribution in [3.63, 3.8) is 0 Å². The molecule has 0 spiro atoms. The lowest BCUT2D eigenvalue weighted by molar-refractivity contribution is 0.0510. The average Bonchev–Trinajstić information content (AvgIpc) is 3.09. The number of hydrogen-bond donors (Lipinski definition) is 1. The van der Waals surface area contributed by atoms with Gasteiger partial charge in [-0.15, -0.1) is 0 Å². The molecule has 0 bridgehead atoms. The van der Waals surface area contributed by atoms with Gasteiger partial charge >= 0.3 is 0 Å². The Kier molecular flexibility index (Phi) is 7.05. The minimum atomic E-state index is 0.259. The van der Waals surface area contributed by atoms with E-state index in [1.54, 1.807) is 0 Å². The van der Waals surface area contributed by atoms with Crippen LogP contribution in [0.15, 0.2) is 36.7 Å². The maximum Gasteiger partial charge on any atom is 0.127 e. The van der Waals surface area contributed by atoms with Crippen LogP contribution in [0.2, 0.25) is 0 Å². The molecule has 1 atom stereocenters. The summed E-state index contributed by atoms with van der Waals surface area (Å²) in [6.45, 7) is 12.0. The predicted molar refractivity (Wildman–Crippen MR) is 110 cm³/mol. The first kappa shape index (κ1) is 20.1. The van der Waals surface area contributed by atoms with Gasteiger partial charge in [-0.2, -0.15) is 0 Å². The van der Waals surface area contributed by atoms with Gasteiger partial charge in [-0.25, -0.2) is 4.98 Å². The second-order valence-corrected chi connectivity index (χ2v) is 8.17. The highest BCUT2D eigenvalue weighted by atomic mass is 16.3. The Balaban J connectivity index is 1.66. The number of aromatic nitrogens is 2. The summed E-state index contributed by atoms with van der Waals surface area (Å²) in [5.41, 5.74) is 2.43. The first-order valence-corrected chi connectivity index (χ1v) is 10.2. The van der Waals surface area contributed by atoms with Crippen molar-refractivity contribution < 1.29 is 5.11 Å². The highest BCUT2D eigenvalue weighted by Gasteiger charge is 2.27. The second kappa shape index (κ2) is 9.49. The van der Waals surface area contributed by atoms with Gasteiger partial charge in [0.2, 0.25) is 0 Å². The van der Waals surface area contributed by atoms with Crippen LogP contribution in [-0.2, 0) is 6.54 Å². The van der Waals surface area contributed by atoms with Gasteiger partial charge in [0, 0.05) is 50.4 Å². The van der Waals surface area contributed by atoms with E-state index in [2.05, 4.69) is 64.4 Å². The number of nitrogens with zero attached hydrogens (tertiary/aromatic N) is 4. The molecule has 1 fully saturated rings. The van der Waals surface area contributed by atoms with Crippen LogP contribution in [0, 0.1) is 12.8 Å². The molecule has 3 rings (SSSR count). The van der Waals surface area contributed by atoms with E-state index < -0.39 is 0 Å². The Morgan fingerprint density at radius 1 is 1.26 bits per heavy atom. The van der Waals surface area contributed by atoms with Crippen molar-refractivity contribution in [2.24, 2.45) is 5.92 Å². The minimum absolute atomic E-state index is 0.259. The molecule has 2 aromatic rings. The summed E-state index contributed by atoms with van der Waals surface area (Å²) in [6, 6.07) is 8.99. The topological polar surface area (TPSA) is 44.5 Å². The molecule has 5 nitrogen and oxygen atoms in total. The van der Waals surface area contributed by atoms with Crippen LogP contribution in [0.1, 0.15) is 38.1 Å². The van der Waals surface area contributed by atoms with Gasteiger partial charge in [-0.1, -0.05) is 26.0 Å². The van der Waals surface area contributed by atoms with Crippen LogP contribution in [0.5, 0.6) is 0 Å². The summed E-state index contributed by atoms with van der Waals surface area (Å²) in [5, 5.41) is 9.51. The zero-order chi connectivity index (χ0) is 19.2. The fourth-order valence-electron chi connectivity index (χ4n) is 3.91. The predicted octanol–water partition coefficient (Wildman–Crippen LogP) is 3.10. The van der Waals surface area contributed by atoms with E-state index in [0.29, 0.717) is 6.04 Å². The Morgan fingerprint density at radius 3 is 2.85 bits per heavy atom. The summed E-state index contributed by atoms with van der Waals surface area (Å²) >= 11 is 0. The molecule has 1 aliphatic heterocycles. The second-order valence-electron chi connectivity index (χ2n) is 8.17. The van der Waals surface area contributed by atoms with E-state index in [-0.39, 0.29) is 6.61 Å². The van der Waals surface area contributed by atoms with Gasteiger partial charge in [0.05, 0.1) is 6.54 Å². The molecular formula is C22H34N4O. The summed E-state index contributed by atoms with van der Waals surface area (Å²) in [6.07, 6.45) is 6.01. The van der Waals surface area contributed by atoms with Gasteiger partial charge in [0.15, 0.2) is 0 Å². The lowest BCUT2D eigenvalue weighted by atomic mass is 10.1. The molecular weight excluding hydrogens is 336 g/mol. The third kappa shape index (κ3) is 5.41. The minimum Gasteiger partial charge on any atom is -0.396 e. The van der Waals surface area contributed by atoms with Crippen molar-refractivity contribution in [1.29, 1.82) is 0 Å². The normalized spacial score (nSPS) is 19.1. The molecule has 148 valence electrons. The number of imidazole rings is 1. The summed E-state index contributed by atoms with van der Waals surface area (Å²) in [7, 11) is 0. The van der Waals surface area contributed by atoms with Gasteiger partial charge < -0.3 is 9.67 Å². The van der Waals surface area contributed by atoms with Gasteiger partial charge in [-0.05, 0) is 49.9 Å². The molecule has 1 N–H and O–H groups in total. The van der Waals surface area contributed by atoms with Crippen LogP contribution >= 0.6 is 0 Å². The zero-order valence-corrected chi connectivity index (χ0v) is 17.0. The molecule has 27 heavy (non-hydrogen) atoms. The maximum absolute atomic E-state index is 9.51. The van der Waals surface area contributed by atoms with Crippen LogP contribution in [0.4, 0.5) is 0 Å². The molecule has 1 aromatic carbocycles. The Morgan fingerprint density at radius 2 is 2.11 bits per heavy atom. The van der Waals surface area contributed by atoms with Crippen LogP contribution in [0.3, 0.4) is 0 Å². The third-order valence-electron chi connectivity index (χ3n) is 5.51. The van der Waals surface area contributed by atoms with Crippen LogP contribution in [-0.4, -0.2) is 63.3 Å². The SMILES string of the molecule is Cc1cccc(-n2ccnc2CN2CCN(CCC(C)C)C(CCO)C2)c1. The van der Waals surface area contributed by atoms with Crippen LogP contribution in [0.25, 0.3) is 5.69 Å². The molecule has 0 aliphatic carbocycles. The Hall–Kier alpha value is -1.69. The van der Waals surface area contributed by atoms with Gasteiger partial charge in [0.25, 0.3) is 0 Å². The lowest BCUT2D eigenvalue weighted by Crippen LogP contribution is -2.53. The van der Waals surface area contributed by atoms with Crippen molar-refractivity contribution in [2.45, 2.75) is 46.2 Å². The number of benzene rings is 1. The average molecular weight is 371 g/mol. The van der Waals surface area contributed by atoms with E-state index in [9.17, 15) is 5.11 Å². The highest BCUT2D eigenvalue weighted by molar-refractivity contribution is 5.36. The molecule has 0 saturated carbocycles. The zero-order valence-electron chi connectivity index (χ0n) is 17.0. The van der Waals surface area contributed by atoms with Crippen molar-refractivity contribution >= 4 is 0 Å². The maximum atomic E-state index is 9.51. The monoisotopic (exact) mass is 370 g/mol. The molecule has 1 unspecified atom stereocenters. The smallest absolute Gasteiger partial charge is 0.127 e. The van der Waals surface area contributed by atoms with Crippen molar-refractivity contribution in [3.05, 3.63) is 48.0 Å². The van der Waals surface area contributed by atoms with Gasteiger partial charge in [-0.3, -0.25) is 9.80 Å². The largest absolute Gasteiger partial charge is 0.396 e. The Bertz CT molecular complexity index is 712. The number of rotatable bonds is 8. The molecule has 0 radical (unpaired) electrons. The van der Waals surface area contributed by atoms with E-state index in [1.165, 1.54) is 17.7 Å². The van der Waals surface area contributed by atoms with Crippen molar-refractivity contribution in [1.82, 2.24) is 19.4 Å². The first-order valence-electron chi connectivity index (χ1n) is 10.2. The summed E-state index contributed by atoms with van der Waals surface area (Å²) in [5.74, 6) is 1.80. The fourth-order valence-corrected chi connectivity index (χ4v) is 3.91. The molecule has 1 saturated heterocycles. The molecule has 2 heterocycles. The molecule has 1 aliphatic rings. The summed E-state index contributed by atoms with van der Waals surface area (Å²) in [4.78, 5) is 9.68. The highest BCUT2D eigenvalue weighted by Crippen LogP contribution is 2.19. The number of aryl methyl sites for hydroxylation is 1. The molecule has 0 amide bonds. The molecule has 5 heteroatoms. The number of hydrogen-bond acceptors (Lipinski definition) is 4. The fraction of sp³-hybridized carbons (Fsp3) is 0.591. The quantitative estimate of drug-likeness (QED) is 0.776. The Labute approximate surface area is 163 Å². The number of aliphatic hydroxyl groups is 1.